The third-order valence-electron chi connectivity index (χ3n) is 3.90. The first-order valence-corrected chi connectivity index (χ1v) is 10.3. The van der Waals surface area contributed by atoms with Gasteiger partial charge in [0.05, 0.1) is 18.0 Å². The van der Waals surface area contributed by atoms with Gasteiger partial charge in [0.25, 0.3) is 0 Å². The van der Waals surface area contributed by atoms with Gasteiger partial charge in [0.2, 0.25) is 15.9 Å². The van der Waals surface area contributed by atoms with Gasteiger partial charge in [-0.15, -0.1) is 0 Å². The number of amides is 1. The third-order valence-corrected chi connectivity index (χ3v) is 5.96. The molecule has 0 aromatic heterocycles. The molecular formula is C19H22ClFN2O4S. The molecule has 1 atom stereocenters. The van der Waals surface area contributed by atoms with Crippen molar-refractivity contribution in [2.24, 2.45) is 0 Å². The fourth-order valence-electron chi connectivity index (χ4n) is 2.57. The van der Waals surface area contributed by atoms with E-state index in [0.717, 1.165) is 4.31 Å². The van der Waals surface area contributed by atoms with Gasteiger partial charge in [-0.1, -0.05) is 29.8 Å². The van der Waals surface area contributed by atoms with Crippen LogP contribution in [0.2, 0.25) is 5.02 Å². The number of carbonyl (C=O) groups is 1. The Bertz CT molecular complexity index is 906. The highest BCUT2D eigenvalue weighted by molar-refractivity contribution is 7.89. The van der Waals surface area contributed by atoms with Gasteiger partial charge in [0.1, 0.15) is 5.82 Å². The molecule has 0 aliphatic heterocycles. The van der Waals surface area contributed by atoms with E-state index in [4.69, 9.17) is 16.3 Å². The lowest BCUT2D eigenvalue weighted by Crippen LogP contribution is -2.44. The van der Waals surface area contributed by atoms with Crippen molar-refractivity contribution in [2.45, 2.75) is 24.4 Å². The molecule has 28 heavy (non-hydrogen) atoms. The first kappa shape index (κ1) is 22.3. The Morgan fingerprint density at radius 2 is 1.86 bits per heavy atom. The zero-order valence-electron chi connectivity index (χ0n) is 15.6. The number of carbonyl (C=O) groups excluding carboxylic acids is 1. The second-order valence-corrected chi connectivity index (χ2v) is 8.62. The van der Waals surface area contributed by atoms with Crippen molar-refractivity contribution in [3.63, 3.8) is 0 Å². The van der Waals surface area contributed by atoms with E-state index in [1.807, 2.05) is 0 Å². The van der Waals surface area contributed by atoms with Crippen LogP contribution in [-0.4, -0.2) is 44.9 Å². The number of rotatable bonds is 9. The molecule has 152 valence electrons. The predicted octanol–water partition coefficient (Wildman–Crippen LogP) is 2.82. The smallest absolute Gasteiger partial charge is 0.243 e. The van der Waals surface area contributed by atoms with Gasteiger partial charge >= 0.3 is 0 Å². The zero-order valence-corrected chi connectivity index (χ0v) is 17.1. The molecule has 0 fully saturated rings. The lowest BCUT2D eigenvalue weighted by atomic mass is 10.2. The molecule has 1 N–H and O–H groups in total. The maximum Gasteiger partial charge on any atom is 0.243 e. The summed E-state index contributed by atoms with van der Waals surface area (Å²) in [6.45, 7) is 1.26. The van der Waals surface area contributed by atoms with Crippen LogP contribution in [0.3, 0.4) is 0 Å². The summed E-state index contributed by atoms with van der Waals surface area (Å²) in [5.41, 5.74) is 0.165. The number of hydrogen-bond donors (Lipinski definition) is 1. The molecular weight excluding hydrogens is 407 g/mol. The molecule has 0 unspecified atom stereocenters. The average molecular weight is 429 g/mol. The molecule has 2 aromatic rings. The van der Waals surface area contributed by atoms with Gasteiger partial charge in [-0.3, -0.25) is 4.79 Å². The van der Waals surface area contributed by atoms with Crippen molar-refractivity contribution in [3.8, 4) is 0 Å². The van der Waals surface area contributed by atoms with Gasteiger partial charge in [-0.25, -0.2) is 12.8 Å². The van der Waals surface area contributed by atoms with Crippen LogP contribution in [0, 0.1) is 5.82 Å². The molecule has 2 aromatic carbocycles. The second-order valence-electron chi connectivity index (χ2n) is 6.24. The summed E-state index contributed by atoms with van der Waals surface area (Å²) in [4.78, 5) is 12.3. The minimum atomic E-state index is -4.06. The van der Waals surface area contributed by atoms with E-state index in [9.17, 15) is 17.6 Å². The molecule has 0 aliphatic carbocycles. The van der Waals surface area contributed by atoms with Crippen LogP contribution < -0.4 is 5.32 Å². The van der Waals surface area contributed by atoms with E-state index in [1.165, 1.54) is 49.6 Å². The molecule has 6 nitrogen and oxygen atoms in total. The normalized spacial score (nSPS) is 12.8. The number of nitrogens with one attached hydrogen (secondary N) is 1. The van der Waals surface area contributed by atoms with Crippen molar-refractivity contribution in [1.82, 2.24) is 9.62 Å². The van der Waals surface area contributed by atoms with Crippen molar-refractivity contribution >= 4 is 27.5 Å². The Labute approximate surface area is 169 Å². The summed E-state index contributed by atoms with van der Waals surface area (Å²) < 4.78 is 46.1. The number of benzene rings is 2. The Balaban J connectivity index is 2.31. The minimum absolute atomic E-state index is 0.0361. The number of sulfonamides is 1. The van der Waals surface area contributed by atoms with E-state index in [-0.39, 0.29) is 29.7 Å². The Morgan fingerprint density at radius 1 is 1.21 bits per heavy atom. The quantitative estimate of drug-likeness (QED) is 0.666. The van der Waals surface area contributed by atoms with Crippen LogP contribution >= 0.6 is 11.6 Å². The highest BCUT2D eigenvalue weighted by Crippen LogP contribution is 2.21. The first-order chi connectivity index (χ1) is 13.2. The van der Waals surface area contributed by atoms with Crippen LogP contribution in [-0.2, 0) is 26.1 Å². The van der Waals surface area contributed by atoms with Crippen LogP contribution in [0.25, 0.3) is 0 Å². The molecule has 0 saturated heterocycles. The molecule has 9 heteroatoms. The monoisotopic (exact) mass is 428 g/mol. The van der Waals surface area contributed by atoms with Crippen molar-refractivity contribution in [2.75, 3.05) is 20.3 Å². The summed E-state index contributed by atoms with van der Waals surface area (Å²) in [5, 5.41) is 3.04. The fourth-order valence-corrected chi connectivity index (χ4v) is 4.07. The van der Waals surface area contributed by atoms with Gasteiger partial charge in [0.15, 0.2) is 0 Å². The number of ether oxygens (including phenoxy) is 1. The molecule has 0 radical (unpaired) electrons. The molecule has 0 saturated carbocycles. The molecule has 2 rings (SSSR count). The number of methoxy groups -OCH3 is 1. The lowest BCUT2D eigenvalue weighted by molar-refractivity contribution is -0.122. The van der Waals surface area contributed by atoms with Crippen molar-refractivity contribution in [1.29, 1.82) is 0 Å². The molecule has 0 heterocycles. The third kappa shape index (κ3) is 6.00. The van der Waals surface area contributed by atoms with Gasteiger partial charge in [-0.05, 0) is 37.3 Å². The standard InChI is InChI=1S/C19H22ClFN2O4S/c1-14(13-27-2)22-19(24)12-23(11-15-5-3-4-6-18(15)21)28(25,26)17-9-7-16(20)8-10-17/h3-10,14H,11-13H2,1-2H3,(H,22,24)/t14-/m1/s1. The Kier molecular flexibility index (Phi) is 7.94. The van der Waals surface area contributed by atoms with Gasteiger partial charge < -0.3 is 10.1 Å². The highest BCUT2D eigenvalue weighted by atomic mass is 35.5. The van der Waals surface area contributed by atoms with Crippen LogP contribution in [0.1, 0.15) is 12.5 Å². The maximum atomic E-state index is 14.1. The lowest BCUT2D eigenvalue weighted by Gasteiger charge is -2.23. The summed E-state index contributed by atoms with van der Waals surface area (Å²) >= 11 is 5.83. The highest BCUT2D eigenvalue weighted by Gasteiger charge is 2.28. The maximum absolute atomic E-state index is 14.1. The molecule has 1 amide bonds. The van der Waals surface area contributed by atoms with Gasteiger partial charge in [0, 0.05) is 30.3 Å². The number of nitrogens with zero attached hydrogens (tertiary/aromatic N) is 1. The molecule has 0 aliphatic rings. The van der Waals surface area contributed by atoms with E-state index < -0.39 is 28.3 Å². The second kappa shape index (κ2) is 9.97. The van der Waals surface area contributed by atoms with Crippen LogP contribution in [0.15, 0.2) is 53.4 Å². The van der Waals surface area contributed by atoms with Crippen LogP contribution in [0.4, 0.5) is 4.39 Å². The summed E-state index contributed by atoms with van der Waals surface area (Å²) in [7, 11) is -2.56. The minimum Gasteiger partial charge on any atom is -0.383 e. The summed E-state index contributed by atoms with van der Waals surface area (Å²) in [5.74, 6) is -1.06. The van der Waals surface area contributed by atoms with Crippen molar-refractivity contribution in [3.05, 3.63) is 64.9 Å². The van der Waals surface area contributed by atoms with Gasteiger partial charge in [-0.2, -0.15) is 4.31 Å². The largest absolute Gasteiger partial charge is 0.383 e. The predicted molar refractivity (Wildman–Crippen MR) is 105 cm³/mol. The molecule has 0 bridgehead atoms. The summed E-state index contributed by atoms with van der Waals surface area (Å²) in [6.07, 6.45) is 0. The zero-order chi connectivity index (χ0) is 20.7. The topological polar surface area (TPSA) is 75.7 Å². The SMILES string of the molecule is COC[C@@H](C)NC(=O)CN(Cc1ccccc1F)S(=O)(=O)c1ccc(Cl)cc1. The van der Waals surface area contributed by atoms with E-state index in [1.54, 1.807) is 13.0 Å². The van der Waals surface area contributed by atoms with Crippen LogP contribution in [0.5, 0.6) is 0 Å². The number of hydrogen-bond acceptors (Lipinski definition) is 4. The Morgan fingerprint density at radius 3 is 2.46 bits per heavy atom. The summed E-state index contributed by atoms with van der Waals surface area (Å²) in [6, 6.07) is 11.1. The number of halogens is 2. The Hall–Kier alpha value is -2.00. The van der Waals surface area contributed by atoms with E-state index in [2.05, 4.69) is 5.32 Å². The average Bonchev–Trinajstić information content (AvgIpc) is 2.63. The molecule has 0 spiro atoms. The fraction of sp³-hybridized carbons (Fsp3) is 0.316. The van der Waals surface area contributed by atoms with E-state index >= 15 is 0 Å². The van der Waals surface area contributed by atoms with Crippen molar-refractivity contribution < 1.29 is 22.3 Å². The first-order valence-electron chi connectivity index (χ1n) is 8.51. The van der Waals surface area contributed by atoms with E-state index in [0.29, 0.717) is 5.02 Å².